The van der Waals surface area contributed by atoms with Crippen LogP contribution in [0.25, 0.3) is 16.2 Å². The molecule has 1 aliphatic heterocycles. The van der Waals surface area contributed by atoms with Crippen LogP contribution >= 0.6 is 22.9 Å². The number of pyridine rings is 1. The lowest BCUT2D eigenvalue weighted by Crippen LogP contribution is -2.43. The fraction of sp³-hybridized carbons (Fsp3) is 0.474. The van der Waals surface area contributed by atoms with Crippen molar-refractivity contribution in [3.63, 3.8) is 0 Å². The molecule has 13 heteroatoms. The lowest BCUT2D eigenvalue weighted by atomic mass is 9.95. The highest BCUT2D eigenvalue weighted by Crippen LogP contribution is 2.39. The Balaban J connectivity index is 1.64. The first-order chi connectivity index (χ1) is 15.2. The van der Waals surface area contributed by atoms with Gasteiger partial charge in [0.1, 0.15) is 11.6 Å². The topological polar surface area (TPSA) is 88.4 Å². The molecule has 2 N–H and O–H groups in total. The van der Waals surface area contributed by atoms with Crippen molar-refractivity contribution >= 4 is 38.5 Å². The molecular weight excluding hydrogens is 487 g/mol. The van der Waals surface area contributed by atoms with Gasteiger partial charge in [0.05, 0.1) is 21.8 Å². The van der Waals surface area contributed by atoms with E-state index in [0.717, 1.165) is 30.0 Å². The third kappa shape index (κ3) is 3.92. The van der Waals surface area contributed by atoms with Gasteiger partial charge in [-0.3, -0.25) is 0 Å². The summed E-state index contributed by atoms with van der Waals surface area (Å²) in [5, 5.41) is 10.6. The Kier molecular flexibility index (Phi) is 5.48. The molecule has 0 spiro atoms. The largest absolute Gasteiger partial charge is 0.316 e. The summed E-state index contributed by atoms with van der Waals surface area (Å²) in [6, 6.07) is 3.13. The van der Waals surface area contributed by atoms with E-state index >= 15 is 0 Å². The lowest BCUT2D eigenvalue weighted by Gasteiger charge is -2.26. The van der Waals surface area contributed by atoms with Gasteiger partial charge in [0.25, 0.3) is 6.43 Å². The normalized spacial score (nSPS) is 18.4. The van der Waals surface area contributed by atoms with E-state index in [-0.39, 0.29) is 14.9 Å². The van der Waals surface area contributed by atoms with Gasteiger partial charge in [0, 0.05) is 6.20 Å². The number of fused-ring (bicyclic) bond motifs is 1. The molecule has 1 saturated heterocycles. The number of rotatable bonds is 8. The molecule has 0 unspecified atom stereocenters. The number of alkyl halides is 3. The zero-order valence-electron chi connectivity index (χ0n) is 16.6. The molecule has 0 atom stereocenters. The highest BCUT2D eigenvalue weighted by molar-refractivity contribution is 7.89. The van der Waals surface area contributed by atoms with Crippen LogP contribution in [0.2, 0.25) is 5.02 Å². The van der Waals surface area contributed by atoms with Crippen molar-refractivity contribution in [1.82, 2.24) is 24.6 Å². The van der Waals surface area contributed by atoms with Crippen molar-refractivity contribution in [1.29, 1.82) is 0 Å². The molecule has 3 aromatic rings. The molecule has 4 heterocycles. The molecular formula is C19H19ClF3N5O2S2. The van der Waals surface area contributed by atoms with Gasteiger partial charge < -0.3 is 9.72 Å². The van der Waals surface area contributed by atoms with Gasteiger partial charge in [0.15, 0.2) is 10.0 Å². The SMILES string of the molecule is O=S(=O)(NC1(CF)CC1)c1cc(Cl)c2c(CC3CNC3)cc(-c3nnc(C(F)F)s3)n2c1. The number of nitrogens with zero attached hydrogens (tertiary/aromatic N) is 3. The number of halogens is 4. The maximum atomic E-state index is 13.3. The predicted octanol–water partition coefficient (Wildman–Crippen LogP) is 3.59. The second-order valence-electron chi connectivity index (χ2n) is 8.29. The van der Waals surface area contributed by atoms with Crippen molar-refractivity contribution in [3.8, 4) is 10.7 Å². The standard InChI is InChI=1S/C19H19ClF3N5O2S2/c20-13-5-12(32(29,30)27-19(9-21)1-2-19)8-28-14(17-25-26-18(31-17)16(22)23)4-11(15(13)28)3-10-6-24-7-10/h4-5,8,10,16,24,27H,1-3,6-7,9H2. The number of hydrogen-bond donors (Lipinski definition) is 2. The fourth-order valence-corrected chi connectivity index (χ4v) is 6.36. The second kappa shape index (κ2) is 7.94. The molecule has 2 aliphatic rings. The first kappa shape index (κ1) is 22.1. The van der Waals surface area contributed by atoms with Crippen LogP contribution in [0.3, 0.4) is 0 Å². The van der Waals surface area contributed by atoms with Crippen LogP contribution < -0.4 is 10.0 Å². The zero-order valence-corrected chi connectivity index (χ0v) is 19.0. The lowest BCUT2D eigenvalue weighted by molar-refractivity contribution is 0.150. The molecule has 0 bridgehead atoms. The van der Waals surface area contributed by atoms with Crippen molar-refractivity contribution in [2.45, 2.75) is 36.1 Å². The minimum absolute atomic E-state index is 0.137. The first-order valence-electron chi connectivity index (χ1n) is 9.97. The molecule has 2 fully saturated rings. The van der Waals surface area contributed by atoms with E-state index < -0.39 is 33.7 Å². The summed E-state index contributed by atoms with van der Waals surface area (Å²) in [7, 11) is -4.05. The van der Waals surface area contributed by atoms with Gasteiger partial charge in [0.2, 0.25) is 10.0 Å². The van der Waals surface area contributed by atoms with Gasteiger partial charge >= 0.3 is 0 Å². The van der Waals surface area contributed by atoms with E-state index in [0.29, 0.717) is 36.4 Å². The summed E-state index contributed by atoms with van der Waals surface area (Å²) in [4.78, 5) is -0.137. The maximum Gasteiger partial charge on any atom is 0.291 e. The molecule has 1 saturated carbocycles. The zero-order chi connectivity index (χ0) is 22.7. The molecule has 1 aliphatic carbocycles. The first-order valence-corrected chi connectivity index (χ1v) is 12.7. The highest BCUT2D eigenvalue weighted by Gasteiger charge is 2.46. The van der Waals surface area contributed by atoms with Crippen molar-refractivity contribution in [2.24, 2.45) is 5.92 Å². The smallest absolute Gasteiger partial charge is 0.291 e. The van der Waals surface area contributed by atoms with E-state index in [1.807, 2.05) is 0 Å². The fourth-order valence-electron chi connectivity index (χ4n) is 3.79. The van der Waals surface area contributed by atoms with Crippen LogP contribution in [0.1, 0.15) is 29.8 Å². The van der Waals surface area contributed by atoms with Crippen LogP contribution in [-0.2, 0) is 16.4 Å². The van der Waals surface area contributed by atoms with Crippen LogP contribution in [-0.4, -0.2) is 48.3 Å². The van der Waals surface area contributed by atoms with Gasteiger partial charge in [-0.05, 0) is 56.0 Å². The average molecular weight is 506 g/mol. The summed E-state index contributed by atoms with van der Waals surface area (Å²) in [6.45, 7) is 0.901. The Labute approximate surface area is 191 Å². The van der Waals surface area contributed by atoms with Gasteiger partial charge in [-0.1, -0.05) is 22.9 Å². The van der Waals surface area contributed by atoms with E-state index in [4.69, 9.17) is 11.6 Å². The Morgan fingerprint density at radius 2 is 2.06 bits per heavy atom. The molecule has 32 heavy (non-hydrogen) atoms. The van der Waals surface area contributed by atoms with E-state index in [9.17, 15) is 21.6 Å². The van der Waals surface area contributed by atoms with Crippen LogP contribution in [0.5, 0.6) is 0 Å². The summed E-state index contributed by atoms with van der Waals surface area (Å²) >= 11 is 7.28. The molecule has 3 aromatic heterocycles. The Hall–Kier alpha value is -1.73. The Morgan fingerprint density at radius 3 is 2.62 bits per heavy atom. The van der Waals surface area contributed by atoms with Gasteiger partial charge in [-0.15, -0.1) is 10.2 Å². The number of aromatic nitrogens is 3. The van der Waals surface area contributed by atoms with Crippen LogP contribution in [0.4, 0.5) is 13.2 Å². The van der Waals surface area contributed by atoms with Crippen molar-refractivity contribution in [3.05, 3.63) is 33.9 Å². The third-order valence-electron chi connectivity index (χ3n) is 5.86. The second-order valence-corrected chi connectivity index (χ2v) is 11.4. The summed E-state index contributed by atoms with van der Waals surface area (Å²) in [5.41, 5.74) is 0.822. The highest BCUT2D eigenvalue weighted by atomic mass is 35.5. The minimum Gasteiger partial charge on any atom is -0.316 e. The molecule has 172 valence electrons. The van der Waals surface area contributed by atoms with Crippen LogP contribution in [0.15, 0.2) is 23.2 Å². The monoisotopic (exact) mass is 505 g/mol. The van der Waals surface area contributed by atoms with Crippen molar-refractivity contribution in [2.75, 3.05) is 19.8 Å². The minimum atomic E-state index is -4.05. The summed E-state index contributed by atoms with van der Waals surface area (Å²) < 4.78 is 69.3. The summed E-state index contributed by atoms with van der Waals surface area (Å²) in [5.74, 6) is 0.389. The van der Waals surface area contributed by atoms with Crippen LogP contribution in [0, 0.1) is 5.92 Å². The Morgan fingerprint density at radius 1 is 1.31 bits per heavy atom. The third-order valence-corrected chi connectivity index (χ3v) is 8.65. The molecule has 0 amide bonds. The van der Waals surface area contributed by atoms with E-state index in [1.165, 1.54) is 12.3 Å². The maximum absolute atomic E-state index is 13.3. The molecule has 0 aromatic carbocycles. The molecule has 0 radical (unpaired) electrons. The predicted molar refractivity (Wildman–Crippen MR) is 115 cm³/mol. The molecule has 7 nitrogen and oxygen atoms in total. The number of hydrogen-bond acceptors (Lipinski definition) is 6. The van der Waals surface area contributed by atoms with E-state index in [1.54, 1.807) is 10.5 Å². The van der Waals surface area contributed by atoms with Crippen molar-refractivity contribution < 1.29 is 21.6 Å². The Bertz CT molecular complexity index is 1290. The summed E-state index contributed by atoms with van der Waals surface area (Å²) in [6.07, 6.45) is 0.153. The van der Waals surface area contributed by atoms with Gasteiger partial charge in [-0.2, -0.15) is 0 Å². The number of nitrogens with one attached hydrogen (secondary N) is 2. The number of sulfonamides is 1. The van der Waals surface area contributed by atoms with Gasteiger partial charge in [-0.25, -0.2) is 26.3 Å². The molecule has 5 rings (SSSR count). The average Bonchev–Trinajstić information content (AvgIpc) is 3.13. The van der Waals surface area contributed by atoms with E-state index in [2.05, 4.69) is 20.2 Å². The quantitative estimate of drug-likeness (QED) is 0.488.